The summed E-state index contributed by atoms with van der Waals surface area (Å²) >= 11 is 0. The highest BCUT2D eigenvalue weighted by molar-refractivity contribution is 5.91. The summed E-state index contributed by atoms with van der Waals surface area (Å²) in [6, 6.07) is -1.34. The number of nitrogens with two attached hydrogens (primary N) is 1. The van der Waals surface area contributed by atoms with Gasteiger partial charge in [0.15, 0.2) is 0 Å². The van der Waals surface area contributed by atoms with Crippen LogP contribution < -0.4 is 11.1 Å². The van der Waals surface area contributed by atoms with Gasteiger partial charge in [0, 0.05) is 6.54 Å². The smallest absolute Gasteiger partial charge is 0.408 e. The summed E-state index contributed by atoms with van der Waals surface area (Å²) in [6.07, 6.45) is 3.86. The third-order valence-corrected chi connectivity index (χ3v) is 5.71. The third kappa shape index (κ3) is 3.90. The van der Waals surface area contributed by atoms with E-state index in [1.807, 2.05) is 20.8 Å². The van der Waals surface area contributed by atoms with Gasteiger partial charge in [-0.25, -0.2) is 4.79 Å². The van der Waals surface area contributed by atoms with Gasteiger partial charge in [-0.05, 0) is 49.4 Å². The Morgan fingerprint density at radius 2 is 1.80 bits per heavy atom. The van der Waals surface area contributed by atoms with Gasteiger partial charge < -0.3 is 20.7 Å². The summed E-state index contributed by atoms with van der Waals surface area (Å²) < 4.78 is 5.51. The van der Waals surface area contributed by atoms with Crippen LogP contribution in [0.1, 0.15) is 52.9 Å². The average molecular weight is 351 g/mol. The van der Waals surface area contributed by atoms with Crippen LogP contribution in [0.2, 0.25) is 0 Å². The molecule has 0 radical (unpaired) electrons. The number of primary amides is 1. The van der Waals surface area contributed by atoms with Crippen LogP contribution in [0.4, 0.5) is 4.79 Å². The van der Waals surface area contributed by atoms with Crippen LogP contribution in [0.15, 0.2) is 0 Å². The zero-order chi connectivity index (χ0) is 18.4. The van der Waals surface area contributed by atoms with Gasteiger partial charge in [0.05, 0.1) is 0 Å². The topological polar surface area (TPSA) is 102 Å². The fourth-order valence-corrected chi connectivity index (χ4v) is 4.20. The van der Waals surface area contributed by atoms with Crippen LogP contribution in [0.3, 0.4) is 0 Å². The molecule has 2 saturated carbocycles. The molecule has 0 aromatic heterocycles. The lowest BCUT2D eigenvalue weighted by Crippen LogP contribution is -2.57. The molecule has 0 aromatic carbocycles. The van der Waals surface area contributed by atoms with E-state index in [4.69, 9.17) is 10.5 Å². The Labute approximate surface area is 148 Å². The van der Waals surface area contributed by atoms with Crippen molar-refractivity contribution < 1.29 is 19.1 Å². The van der Waals surface area contributed by atoms with Crippen molar-refractivity contribution in [2.45, 2.75) is 71.1 Å². The number of hydrogen-bond donors (Lipinski definition) is 2. The largest absolute Gasteiger partial charge is 0.446 e. The molecule has 2 aliphatic carbocycles. The summed E-state index contributed by atoms with van der Waals surface area (Å²) in [5.74, 6) is 0.684. The molecule has 1 heterocycles. The van der Waals surface area contributed by atoms with Crippen molar-refractivity contribution in [3.8, 4) is 0 Å². The summed E-state index contributed by atoms with van der Waals surface area (Å²) in [7, 11) is 0. The number of carbonyl (C=O) groups excluding carboxylic acids is 3. The van der Waals surface area contributed by atoms with Gasteiger partial charge in [0.25, 0.3) is 0 Å². The molecule has 140 valence electrons. The number of nitrogens with zero attached hydrogens (tertiary/aromatic N) is 1. The maximum absolute atomic E-state index is 13.0. The molecule has 3 aliphatic rings. The highest BCUT2D eigenvalue weighted by atomic mass is 16.6. The zero-order valence-corrected chi connectivity index (χ0v) is 15.3. The second kappa shape index (κ2) is 6.50. The van der Waals surface area contributed by atoms with Gasteiger partial charge in [-0.3, -0.25) is 9.59 Å². The van der Waals surface area contributed by atoms with E-state index < -0.39 is 29.5 Å². The van der Waals surface area contributed by atoms with Gasteiger partial charge in [-0.15, -0.1) is 0 Å². The zero-order valence-electron chi connectivity index (χ0n) is 15.3. The molecule has 3 N–H and O–H groups in total. The van der Waals surface area contributed by atoms with E-state index in [2.05, 4.69) is 5.32 Å². The molecule has 7 heteroatoms. The van der Waals surface area contributed by atoms with Crippen LogP contribution in [0.5, 0.6) is 0 Å². The quantitative estimate of drug-likeness (QED) is 0.799. The van der Waals surface area contributed by atoms with Gasteiger partial charge in [-0.2, -0.15) is 0 Å². The molecule has 25 heavy (non-hydrogen) atoms. The van der Waals surface area contributed by atoms with Gasteiger partial charge in [0.2, 0.25) is 11.8 Å². The minimum atomic E-state index is -0.754. The van der Waals surface area contributed by atoms with Crippen molar-refractivity contribution in [1.29, 1.82) is 0 Å². The van der Waals surface area contributed by atoms with Gasteiger partial charge >= 0.3 is 6.09 Å². The lowest BCUT2D eigenvalue weighted by Gasteiger charge is -2.35. The number of ether oxygens (including phenoxy) is 1. The number of hydrogen-bond acceptors (Lipinski definition) is 4. The summed E-state index contributed by atoms with van der Waals surface area (Å²) in [6.45, 7) is 6.14. The molecular formula is C18H29N3O4. The van der Waals surface area contributed by atoms with Crippen molar-refractivity contribution in [1.82, 2.24) is 10.2 Å². The molecule has 1 saturated heterocycles. The predicted molar refractivity (Wildman–Crippen MR) is 91.4 cm³/mol. The molecule has 0 spiro atoms. The van der Waals surface area contributed by atoms with Crippen LogP contribution in [-0.4, -0.2) is 47.5 Å². The minimum Gasteiger partial charge on any atom is -0.446 e. The van der Waals surface area contributed by atoms with E-state index in [1.54, 1.807) is 0 Å². The van der Waals surface area contributed by atoms with E-state index in [-0.39, 0.29) is 12.0 Å². The molecule has 0 bridgehead atoms. The average Bonchev–Trinajstić information content (AvgIpc) is 2.94. The Balaban J connectivity index is 1.63. The SMILES string of the molecule is CC(C)(C)[C@H](NC(=O)O[C@@H]1C[C@@H]2C[C@@H]2C1)C(=O)N1CCC[C@H]1C(N)=O. The molecule has 3 rings (SSSR count). The van der Waals surface area contributed by atoms with Crippen molar-refractivity contribution in [2.24, 2.45) is 23.0 Å². The number of likely N-dealkylation sites (tertiary alicyclic amines) is 1. The van der Waals surface area contributed by atoms with Crippen molar-refractivity contribution in [3.05, 3.63) is 0 Å². The van der Waals surface area contributed by atoms with E-state index in [0.29, 0.717) is 13.0 Å². The number of rotatable bonds is 4. The normalized spacial score (nSPS) is 32.0. The molecule has 1 aliphatic heterocycles. The van der Waals surface area contributed by atoms with Crippen molar-refractivity contribution >= 4 is 17.9 Å². The van der Waals surface area contributed by atoms with Crippen molar-refractivity contribution in [2.75, 3.05) is 6.54 Å². The lowest BCUT2D eigenvalue weighted by atomic mass is 9.85. The van der Waals surface area contributed by atoms with Crippen molar-refractivity contribution in [3.63, 3.8) is 0 Å². The maximum atomic E-state index is 13.0. The molecule has 0 unspecified atom stereocenters. The highest BCUT2D eigenvalue weighted by Crippen LogP contribution is 2.52. The Bertz CT molecular complexity index is 561. The summed E-state index contributed by atoms with van der Waals surface area (Å²) in [4.78, 5) is 38.4. The first kappa shape index (κ1) is 18.0. The number of carbonyl (C=O) groups is 3. The van der Waals surface area contributed by atoms with Crippen LogP contribution in [-0.2, 0) is 14.3 Å². The molecule has 0 aromatic rings. The molecule has 3 fully saturated rings. The molecule has 5 atom stereocenters. The Morgan fingerprint density at radius 1 is 1.16 bits per heavy atom. The van der Waals surface area contributed by atoms with E-state index in [9.17, 15) is 14.4 Å². The van der Waals surface area contributed by atoms with E-state index >= 15 is 0 Å². The minimum absolute atomic E-state index is 0.0374. The first-order valence-electron chi connectivity index (χ1n) is 9.23. The van der Waals surface area contributed by atoms with E-state index in [1.165, 1.54) is 11.3 Å². The maximum Gasteiger partial charge on any atom is 0.408 e. The monoisotopic (exact) mass is 351 g/mol. The van der Waals surface area contributed by atoms with Crippen LogP contribution >= 0.6 is 0 Å². The first-order chi connectivity index (χ1) is 11.7. The lowest BCUT2D eigenvalue weighted by molar-refractivity contribution is -0.141. The fourth-order valence-electron chi connectivity index (χ4n) is 4.20. The van der Waals surface area contributed by atoms with Crippen LogP contribution in [0.25, 0.3) is 0 Å². The molecule has 3 amide bonds. The highest BCUT2D eigenvalue weighted by Gasteiger charge is 2.48. The second-order valence-electron chi connectivity index (χ2n) is 8.79. The standard InChI is InChI=1S/C18H29N3O4/c1-18(2,3)14(16(23)21-6-4-5-13(21)15(19)22)20-17(24)25-12-8-10-7-11(10)9-12/h10-14H,4-9H2,1-3H3,(H2,19,22)(H,20,24)/t10-,11+,12+,13-,14+/m0/s1. The van der Waals surface area contributed by atoms with Gasteiger partial charge in [0.1, 0.15) is 18.2 Å². The first-order valence-corrected chi connectivity index (χ1v) is 9.23. The summed E-state index contributed by atoms with van der Waals surface area (Å²) in [5.41, 5.74) is 4.92. The Hall–Kier alpha value is -1.79. The fraction of sp³-hybridized carbons (Fsp3) is 0.833. The summed E-state index contributed by atoms with van der Waals surface area (Å²) in [5, 5.41) is 2.75. The Kier molecular flexibility index (Phi) is 4.68. The van der Waals surface area contributed by atoms with Crippen LogP contribution in [0, 0.1) is 17.3 Å². The number of amides is 3. The number of alkyl carbamates (subject to hydrolysis) is 1. The number of nitrogens with one attached hydrogen (secondary N) is 1. The third-order valence-electron chi connectivity index (χ3n) is 5.71. The molecular weight excluding hydrogens is 322 g/mol. The predicted octanol–water partition coefficient (Wildman–Crippen LogP) is 1.40. The number of fused-ring (bicyclic) bond motifs is 1. The van der Waals surface area contributed by atoms with Gasteiger partial charge in [-0.1, -0.05) is 20.8 Å². The Morgan fingerprint density at radius 3 is 2.36 bits per heavy atom. The van der Waals surface area contributed by atoms with E-state index in [0.717, 1.165) is 31.1 Å². The second-order valence-corrected chi connectivity index (χ2v) is 8.79. The molecule has 7 nitrogen and oxygen atoms in total.